The Morgan fingerprint density at radius 2 is 2.14 bits per heavy atom. The molecule has 0 radical (unpaired) electrons. The first kappa shape index (κ1) is 16.6. The van der Waals surface area contributed by atoms with E-state index in [1.165, 1.54) is 11.0 Å². The van der Waals surface area contributed by atoms with Crippen molar-refractivity contribution in [1.82, 2.24) is 10.2 Å². The number of aliphatic carboxylic acids is 1. The second-order valence-electron chi connectivity index (χ2n) is 4.36. The van der Waals surface area contributed by atoms with Gasteiger partial charge >= 0.3 is 12.0 Å². The molecule has 0 unspecified atom stereocenters. The van der Waals surface area contributed by atoms with E-state index < -0.39 is 12.0 Å². The molecule has 0 saturated heterocycles. The Morgan fingerprint density at radius 1 is 1.43 bits per heavy atom. The van der Waals surface area contributed by atoms with Crippen LogP contribution in [0.15, 0.2) is 36.9 Å². The van der Waals surface area contributed by atoms with Crippen molar-refractivity contribution in [3.8, 4) is 5.75 Å². The maximum Gasteiger partial charge on any atom is 0.323 e. The highest BCUT2D eigenvalue weighted by Crippen LogP contribution is 2.17. The number of benzene rings is 1. The van der Waals surface area contributed by atoms with Crippen LogP contribution in [0.25, 0.3) is 0 Å². The number of hydrogen-bond donors (Lipinski definition) is 2. The maximum absolute atomic E-state index is 11.9. The lowest BCUT2D eigenvalue weighted by Gasteiger charge is -2.19. The van der Waals surface area contributed by atoms with Crippen molar-refractivity contribution in [3.05, 3.63) is 42.5 Å². The summed E-state index contributed by atoms with van der Waals surface area (Å²) in [5, 5.41) is 11.5. The van der Waals surface area contributed by atoms with Crippen molar-refractivity contribution in [2.45, 2.75) is 6.42 Å². The lowest BCUT2D eigenvalue weighted by molar-refractivity contribution is -0.137. The van der Waals surface area contributed by atoms with Crippen LogP contribution in [0.5, 0.6) is 5.75 Å². The fraction of sp³-hybridized carbons (Fsp3) is 0.333. The number of rotatable bonds is 8. The van der Waals surface area contributed by atoms with E-state index >= 15 is 0 Å². The zero-order valence-electron chi connectivity index (χ0n) is 12.0. The summed E-state index contributed by atoms with van der Waals surface area (Å²) in [4.78, 5) is 23.8. The zero-order chi connectivity index (χ0) is 15.7. The molecule has 0 bridgehead atoms. The third-order valence-electron chi connectivity index (χ3n) is 2.83. The molecule has 0 saturated carbocycles. The predicted octanol–water partition coefficient (Wildman–Crippen LogP) is 1.52. The zero-order valence-corrected chi connectivity index (χ0v) is 12.0. The Balaban J connectivity index is 2.51. The maximum atomic E-state index is 11.9. The Bertz CT molecular complexity index is 502. The van der Waals surface area contributed by atoms with Crippen molar-refractivity contribution in [2.24, 2.45) is 0 Å². The van der Waals surface area contributed by atoms with Gasteiger partial charge in [0, 0.05) is 13.1 Å². The first-order chi connectivity index (χ1) is 10.1. The summed E-state index contributed by atoms with van der Waals surface area (Å²) in [6.45, 7) is 3.74. The number of ether oxygens (including phenoxy) is 1. The molecule has 2 amide bonds. The van der Waals surface area contributed by atoms with Crippen LogP contribution in [-0.4, -0.2) is 48.8 Å². The number of methoxy groups -OCH3 is 1. The fourth-order valence-corrected chi connectivity index (χ4v) is 1.86. The van der Waals surface area contributed by atoms with Crippen LogP contribution in [-0.2, 0) is 11.2 Å². The molecule has 1 aromatic carbocycles. The van der Waals surface area contributed by atoms with Crippen LogP contribution in [0.3, 0.4) is 0 Å². The monoisotopic (exact) mass is 292 g/mol. The highest BCUT2D eigenvalue weighted by molar-refractivity contribution is 5.80. The summed E-state index contributed by atoms with van der Waals surface area (Å²) in [7, 11) is 1.59. The van der Waals surface area contributed by atoms with Crippen LogP contribution in [0.2, 0.25) is 0 Å². The highest BCUT2D eigenvalue weighted by Gasteiger charge is 2.14. The third kappa shape index (κ3) is 5.56. The number of hydrogen-bond acceptors (Lipinski definition) is 3. The summed E-state index contributed by atoms with van der Waals surface area (Å²) in [6, 6.07) is 7.12. The minimum atomic E-state index is -1.06. The molecule has 1 rings (SSSR count). The number of nitrogens with zero attached hydrogens (tertiary/aromatic N) is 1. The molecule has 0 aliphatic heterocycles. The van der Waals surface area contributed by atoms with Gasteiger partial charge in [0.15, 0.2) is 0 Å². The van der Waals surface area contributed by atoms with Gasteiger partial charge in [-0.25, -0.2) is 4.79 Å². The Morgan fingerprint density at radius 3 is 2.76 bits per heavy atom. The van der Waals surface area contributed by atoms with E-state index in [1.54, 1.807) is 7.11 Å². The minimum Gasteiger partial charge on any atom is -0.496 e. The second-order valence-corrected chi connectivity index (χ2v) is 4.36. The summed E-state index contributed by atoms with van der Waals surface area (Å²) < 4.78 is 5.23. The van der Waals surface area contributed by atoms with Gasteiger partial charge in [-0.15, -0.1) is 6.58 Å². The summed E-state index contributed by atoms with van der Waals surface area (Å²) >= 11 is 0. The molecule has 0 heterocycles. The van der Waals surface area contributed by atoms with Crippen molar-refractivity contribution in [1.29, 1.82) is 0 Å². The smallest absolute Gasteiger partial charge is 0.323 e. The first-order valence-electron chi connectivity index (χ1n) is 6.55. The molecular weight excluding hydrogens is 272 g/mol. The van der Waals surface area contributed by atoms with E-state index in [4.69, 9.17) is 9.84 Å². The van der Waals surface area contributed by atoms with E-state index in [9.17, 15) is 9.59 Å². The van der Waals surface area contributed by atoms with Gasteiger partial charge < -0.3 is 20.1 Å². The molecule has 6 nitrogen and oxygen atoms in total. The van der Waals surface area contributed by atoms with Gasteiger partial charge in [-0.3, -0.25) is 4.79 Å². The molecule has 0 aliphatic carbocycles. The summed E-state index contributed by atoms with van der Waals surface area (Å²) in [5.41, 5.74) is 0.980. The number of carbonyl (C=O) groups excluding carboxylic acids is 1. The van der Waals surface area contributed by atoms with E-state index in [-0.39, 0.29) is 13.1 Å². The molecule has 0 atom stereocenters. The molecular formula is C15H20N2O4. The normalized spacial score (nSPS) is 9.76. The van der Waals surface area contributed by atoms with Gasteiger partial charge in [-0.1, -0.05) is 24.3 Å². The van der Waals surface area contributed by atoms with Crippen LogP contribution in [0, 0.1) is 0 Å². The van der Waals surface area contributed by atoms with Gasteiger partial charge in [0.05, 0.1) is 7.11 Å². The number of carbonyl (C=O) groups is 2. The van der Waals surface area contributed by atoms with Crippen molar-refractivity contribution in [3.63, 3.8) is 0 Å². The van der Waals surface area contributed by atoms with Crippen molar-refractivity contribution in [2.75, 3.05) is 26.7 Å². The fourth-order valence-electron chi connectivity index (χ4n) is 1.86. The quantitative estimate of drug-likeness (QED) is 0.712. The van der Waals surface area contributed by atoms with Gasteiger partial charge in [0.2, 0.25) is 0 Å². The average molecular weight is 292 g/mol. The molecule has 0 aliphatic rings. The first-order valence-corrected chi connectivity index (χ1v) is 6.55. The van der Waals surface area contributed by atoms with E-state index in [0.717, 1.165) is 11.3 Å². The number of carboxylic acid groups (broad SMARTS) is 1. The number of nitrogens with one attached hydrogen (secondary N) is 1. The highest BCUT2D eigenvalue weighted by atomic mass is 16.5. The summed E-state index contributed by atoms with van der Waals surface area (Å²) in [5.74, 6) is -0.294. The van der Waals surface area contributed by atoms with Crippen LogP contribution < -0.4 is 10.1 Å². The molecule has 6 heteroatoms. The Hall–Kier alpha value is -2.50. The average Bonchev–Trinajstić information content (AvgIpc) is 2.46. The lowest BCUT2D eigenvalue weighted by atomic mass is 10.1. The Labute approximate surface area is 124 Å². The molecule has 21 heavy (non-hydrogen) atoms. The topological polar surface area (TPSA) is 78.9 Å². The largest absolute Gasteiger partial charge is 0.496 e. The Kier molecular flexibility index (Phi) is 6.80. The van der Waals surface area contributed by atoms with Crippen molar-refractivity contribution < 1.29 is 19.4 Å². The molecule has 2 N–H and O–H groups in total. The van der Waals surface area contributed by atoms with Gasteiger partial charge in [-0.2, -0.15) is 0 Å². The molecule has 0 aromatic heterocycles. The van der Waals surface area contributed by atoms with Gasteiger partial charge in [0.25, 0.3) is 0 Å². The number of para-hydroxylation sites is 1. The van der Waals surface area contributed by atoms with Crippen LogP contribution in [0.4, 0.5) is 4.79 Å². The molecule has 1 aromatic rings. The number of carboxylic acids is 1. The number of amides is 2. The van der Waals surface area contributed by atoms with Crippen LogP contribution in [0.1, 0.15) is 5.56 Å². The van der Waals surface area contributed by atoms with E-state index in [0.29, 0.717) is 13.0 Å². The third-order valence-corrected chi connectivity index (χ3v) is 2.83. The predicted molar refractivity (Wildman–Crippen MR) is 79.5 cm³/mol. The molecule has 0 fully saturated rings. The molecule has 114 valence electrons. The SMILES string of the molecule is C=CCN(CC(=O)O)C(=O)NCCc1ccccc1OC. The van der Waals surface area contributed by atoms with Crippen molar-refractivity contribution >= 4 is 12.0 Å². The second kappa shape index (κ2) is 8.63. The molecule has 0 spiro atoms. The van der Waals surface area contributed by atoms with E-state index in [1.807, 2.05) is 24.3 Å². The lowest BCUT2D eigenvalue weighted by Crippen LogP contribution is -2.43. The number of urea groups is 1. The van der Waals surface area contributed by atoms with Gasteiger partial charge in [0.1, 0.15) is 12.3 Å². The summed E-state index contributed by atoms with van der Waals surface area (Å²) in [6.07, 6.45) is 2.09. The van der Waals surface area contributed by atoms with Crippen LogP contribution >= 0.6 is 0 Å². The standard InChI is InChI=1S/C15H20N2O4/c1-3-10-17(11-14(18)19)15(20)16-9-8-12-6-4-5-7-13(12)21-2/h3-7H,1,8-11H2,2H3,(H,16,20)(H,18,19). The van der Waals surface area contributed by atoms with Gasteiger partial charge in [-0.05, 0) is 18.1 Å². The van der Waals surface area contributed by atoms with E-state index in [2.05, 4.69) is 11.9 Å². The minimum absolute atomic E-state index is 0.187.